The van der Waals surface area contributed by atoms with Gasteiger partial charge in [0, 0.05) is 24.1 Å². The van der Waals surface area contributed by atoms with Crippen LogP contribution in [0.2, 0.25) is 0 Å². The summed E-state index contributed by atoms with van der Waals surface area (Å²) in [4.78, 5) is 27.0. The van der Waals surface area contributed by atoms with Crippen molar-refractivity contribution in [3.8, 4) is 11.6 Å². The molecule has 1 heterocycles. The van der Waals surface area contributed by atoms with E-state index >= 15 is 0 Å². The molecule has 0 saturated heterocycles. The fourth-order valence-electron chi connectivity index (χ4n) is 3.48. The summed E-state index contributed by atoms with van der Waals surface area (Å²) in [5.74, 6) is 0.833. The minimum Gasteiger partial charge on any atom is -0.482 e. The lowest BCUT2D eigenvalue weighted by Gasteiger charge is -2.70. The zero-order valence-electron chi connectivity index (χ0n) is 12.6. The molecule has 2 amide bonds. The minimum atomic E-state index is -0.160. The van der Waals surface area contributed by atoms with Crippen LogP contribution in [0.4, 0.5) is 0 Å². The molecule has 2 N–H and O–H groups in total. The van der Waals surface area contributed by atoms with E-state index in [4.69, 9.17) is 9.47 Å². The van der Waals surface area contributed by atoms with Crippen molar-refractivity contribution in [2.75, 3.05) is 13.7 Å². The average Bonchev–Trinajstić information content (AvgIpc) is 2.41. The lowest BCUT2D eigenvalue weighted by Crippen LogP contribution is -2.83. The summed E-state index contributed by atoms with van der Waals surface area (Å²) < 4.78 is 10.3. The van der Waals surface area contributed by atoms with E-state index in [0.29, 0.717) is 11.6 Å². The maximum Gasteiger partial charge on any atom is 0.258 e. The number of carbonyl (C=O) groups is 2. The van der Waals surface area contributed by atoms with Crippen molar-refractivity contribution in [1.82, 2.24) is 15.6 Å². The molecule has 1 aromatic rings. The van der Waals surface area contributed by atoms with Crippen LogP contribution in [0.1, 0.15) is 26.2 Å². The Morgan fingerprint density at radius 2 is 1.91 bits per heavy atom. The topological polar surface area (TPSA) is 89.5 Å². The highest BCUT2D eigenvalue weighted by Crippen LogP contribution is 2.60. The van der Waals surface area contributed by atoms with E-state index in [-0.39, 0.29) is 29.5 Å². The molecular formula is C15H19N3O4. The third-order valence-electron chi connectivity index (χ3n) is 4.16. The molecule has 0 unspecified atom stereocenters. The normalized spacial score (nSPS) is 27.9. The number of nitrogens with one attached hydrogen (secondary N) is 2. The van der Waals surface area contributed by atoms with Crippen LogP contribution in [-0.4, -0.2) is 41.6 Å². The van der Waals surface area contributed by atoms with Crippen LogP contribution in [0, 0.1) is 0 Å². The van der Waals surface area contributed by atoms with E-state index in [9.17, 15) is 9.59 Å². The van der Waals surface area contributed by atoms with Gasteiger partial charge in [-0.3, -0.25) is 9.59 Å². The summed E-state index contributed by atoms with van der Waals surface area (Å²) in [5.41, 5.74) is -0.235. The van der Waals surface area contributed by atoms with Gasteiger partial charge in [0.1, 0.15) is 5.75 Å². The van der Waals surface area contributed by atoms with Crippen LogP contribution < -0.4 is 20.1 Å². The fourth-order valence-corrected chi connectivity index (χ4v) is 3.48. The van der Waals surface area contributed by atoms with Crippen molar-refractivity contribution in [2.24, 2.45) is 0 Å². The van der Waals surface area contributed by atoms with Crippen molar-refractivity contribution in [3.05, 3.63) is 18.3 Å². The van der Waals surface area contributed by atoms with Crippen LogP contribution in [0.5, 0.6) is 11.6 Å². The number of hydrogen-bond acceptors (Lipinski definition) is 5. The van der Waals surface area contributed by atoms with Crippen molar-refractivity contribution < 1.29 is 19.1 Å². The van der Waals surface area contributed by atoms with Gasteiger partial charge in [0.2, 0.25) is 11.8 Å². The Morgan fingerprint density at radius 1 is 1.23 bits per heavy atom. The highest BCUT2D eigenvalue weighted by atomic mass is 16.5. The number of methoxy groups -OCH3 is 1. The number of ether oxygens (including phenoxy) is 2. The van der Waals surface area contributed by atoms with Gasteiger partial charge < -0.3 is 20.1 Å². The Kier molecular flexibility index (Phi) is 3.42. The number of hydrogen-bond donors (Lipinski definition) is 2. The second-order valence-corrected chi connectivity index (χ2v) is 6.15. The Morgan fingerprint density at radius 3 is 2.45 bits per heavy atom. The number of rotatable bonds is 6. The second-order valence-electron chi connectivity index (χ2n) is 6.15. The largest absolute Gasteiger partial charge is 0.482 e. The molecule has 0 atom stereocenters. The summed E-state index contributed by atoms with van der Waals surface area (Å²) in [5, 5.41) is 5.94. The van der Waals surface area contributed by atoms with Crippen molar-refractivity contribution >= 4 is 11.8 Å². The third-order valence-corrected chi connectivity index (χ3v) is 4.16. The highest BCUT2D eigenvalue weighted by molar-refractivity contribution is 5.80. The first-order chi connectivity index (χ1) is 10.4. The van der Waals surface area contributed by atoms with Crippen molar-refractivity contribution in [2.45, 2.75) is 37.3 Å². The van der Waals surface area contributed by atoms with Gasteiger partial charge in [-0.05, 0) is 25.3 Å². The van der Waals surface area contributed by atoms with Crippen molar-refractivity contribution in [3.63, 3.8) is 0 Å². The van der Waals surface area contributed by atoms with Crippen molar-refractivity contribution in [1.29, 1.82) is 0 Å². The fraction of sp³-hybridized carbons (Fsp3) is 0.533. The van der Waals surface area contributed by atoms with Gasteiger partial charge in [-0.1, -0.05) is 0 Å². The maximum absolute atomic E-state index is 11.9. The molecule has 118 valence electrons. The molecule has 3 aliphatic carbocycles. The predicted molar refractivity (Wildman–Crippen MR) is 77.6 cm³/mol. The molecule has 2 bridgehead atoms. The van der Waals surface area contributed by atoms with Gasteiger partial charge in [-0.2, -0.15) is 0 Å². The van der Waals surface area contributed by atoms with E-state index in [1.807, 2.05) is 0 Å². The molecule has 3 saturated carbocycles. The Labute approximate surface area is 128 Å². The monoisotopic (exact) mass is 305 g/mol. The van der Waals surface area contributed by atoms with Gasteiger partial charge >= 0.3 is 0 Å². The molecule has 0 aromatic carbocycles. The predicted octanol–water partition coefficient (Wildman–Crippen LogP) is 0.396. The minimum absolute atomic E-state index is 0.0186. The molecule has 4 rings (SSSR count). The third kappa shape index (κ3) is 2.70. The molecule has 22 heavy (non-hydrogen) atoms. The SMILES string of the molecule is COc1ccc(OCC(=O)NC23CC(NC(C)=O)(C2)C3)cn1. The van der Waals surface area contributed by atoms with Gasteiger partial charge in [0.05, 0.1) is 13.3 Å². The van der Waals surface area contributed by atoms with Crippen LogP contribution in [0.15, 0.2) is 18.3 Å². The maximum atomic E-state index is 11.9. The van der Waals surface area contributed by atoms with E-state index in [2.05, 4.69) is 15.6 Å². The zero-order chi connectivity index (χ0) is 15.8. The molecule has 7 nitrogen and oxygen atoms in total. The number of nitrogens with zero attached hydrogens (tertiary/aromatic N) is 1. The molecule has 1 aromatic heterocycles. The van der Waals surface area contributed by atoms with Gasteiger partial charge in [0.15, 0.2) is 6.61 Å². The highest BCUT2D eigenvalue weighted by Gasteiger charge is 2.69. The van der Waals surface area contributed by atoms with E-state index in [0.717, 1.165) is 19.3 Å². The van der Waals surface area contributed by atoms with Gasteiger partial charge in [-0.15, -0.1) is 0 Å². The summed E-state index contributed by atoms with van der Waals surface area (Å²) in [6, 6.07) is 3.37. The Hall–Kier alpha value is -2.31. The van der Waals surface area contributed by atoms with E-state index in [1.165, 1.54) is 20.2 Å². The van der Waals surface area contributed by atoms with Crippen LogP contribution in [-0.2, 0) is 9.59 Å². The summed E-state index contributed by atoms with van der Waals surface area (Å²) in [6.07, 6.45) is 3.92. The number of aromatic nitrogens is 1. The lowest BCUT2D eigenvalue weighted by molar-refractivity contribution is -0.149. The zero-order valence-corrected chi connectivity index (χ0v) is 12.6. The Bertz CT molecular complexity index is 580. The lowest BCUT2D eigenvalue weighted by atomic mass is 9.44. The summed E-state index contributed by atoms with van der Waals surface area (Å²) in [6.45, 7) is 1.46. The van der Waals surface area contributed by atoms with Gasteiger partial charge in [0.25, 0.3) is 5.91 Å². The molecular weight excluding hydrogens is 286 g/mol. The first-order valence-electron chi connectivity index (χ1n) is 7.17. The molecule has 3 fully saturated rings. The number of amides is 2. The average molecular weight is 305 g/mol. The van der Waals surface area contributed by atoms with E-state index in [1.54, 1.807) is 12.1 Å². The van der Waals surface area contributed by atoms with Crippen LogP contribution >= 0.6 is 0 Å². The first kappa shape index (κ1) is 14.6. The van der Waals surface area contributed by atoms with Gasteiger partial charge in [-0.25, -0.2) is 4.98 Å². The number of carbonyl (C=O) groups excluding carboxylic acids is 2. The summed E-state index contributed by atoms with van der Waals surface area (Å²) >= 11 is 0. The number of pyridine rings is 1. The summed E-state index contributed by atoms with van der Waals surface area (Å²) in [7, 11) is 1.54. The molecule has 7 heteroatoms. The quantitative estimate of drug-likeness (QED) is 0.794. The van der Waals surface area contributed by atoms with Crippen LogP contribution in [0.25, 0.3) is 0 Å². The molecule has 0 radical (unpaired) electrons. The Balaban J connectivity index is 1.42. The van der Waals surface area contributed by atoms with E-state index < -0.39 is 0 Å². The molecule has 3 aliphatic rings. The van der Waals surface area contributed by atoms with Crippen LogP contribution in [0.3, 0.4) is 0 Å². The molecule has 0 spiro atoms. The smallest absolute Gasteiger partial charge is 0.258 e. The standard InChI is InChI=1S/C15H19N3O4/c1-10(19)17-14-7-15(8-14,9-14)18-12(20)6-22-11-3-4-13(21-2)16-5-11/h3-5H,6-9H2,1-2H3,(H,17,19)(H,18,20). The second kappa shape index (κ2) is 5.15. The first-order valence-corrected chi connectivity index (χ1v) is 7.17. The molecule has 0 aliphatic heterocycles.